The second-order valence-corrected chi connectivity index (χ2v) is 6.24. The lowest BCUT2D eigenvalue weighted by Gasteiger charge is -2.16. The molecule has 8 heteroatoms. The van der Waals surface area contributed by atoms with E-state index in [0.717, 1.165) is 0 Å². The lowest BCUT2D eigenvalue weighted by atomic mass is 9.98. The number of hydrogen-bond acceptors (Lipinski definition) is 4. The smallest absolute Gasteiger partial charge is 0.326 e. The van der Waals surface area contributed by atoms with Crippen LogP contribution in [0.2, 0.25) is 0 Å². The number of aliphatic carboxylic acids is 1. The van der Waals surface area contributed by atoms with Crippen molar-refractivity contribution in [3.8, 4) is 0 Å². The predicted molar refractivity (Wildman–Crippen MR) is 71.6 cm³/mol. The topological polar surface area (TPSA) is 121 Å². The van der Waals surface area contributed by atoms with Gasteiger partial charge in [-0.05, 0) is 18.8 Å². The number of carboxylic acids is 1. The van der Waals surface area contributed by atoms with Crippen molar-refractivity contribution in [3.63, 3.8) is 0 Å². The number of carbonyl (C=O) groups is 2. The average molecular weight is 303 g/mol. The number of hydrogen-bond donors (Lipinski definition) is 3. The molecular formula is C12H17NO6S. The molecule has 1 rings (SSSR count). The molecule has 0 saturated carbocycles. The van der Waals surface area contributed by atoms with Crippen molar-refractivity contribution in [1.29, 1.82) is 0 Å². The molecule has 0 aliphatic heterocycles. The van der Waals surface area contributed by atoms with E-state index in [1.165, 1.54) is 0 Å². The molecule has 0 heterocycles. The molecule has 0 aromatic rings. The van der Waals surface area contributed by atoms with Crippen LogP contribution in [0.1, 0.15) is 19.8 Å². The fraction of sp³-hybridized carbons (Fsp3) is 0.500. The molecule has 0 spiro atoms. The SMILES string of the molecule is CC1C=CC(C(=O)NC(CCS(=O)(=O)O)C(=O)O)=CC1. The fourth-order valence-corrected chi connectivity index (χ4v) is 2.20. The summed E-state index contributed by atoms with van der Waals surface area (Å²) in [5.74, 6) is -2.33. The van der Waals surface area contributed by atoms with Gasteiger partial charge in [0.05, 0.1) is 5.75 Å². The zero-order valence-electron chi connectivity index (χ0n) is 10.9. The van der Waals surface area contributed by atoms with Gasteiger partial charge in [-0.2, -0.15) is 8.42 Å². The van der Waals surface area contributed by atoms with E-state index in [2.05, 4.69) is 5.32 Å². The Kier molecular flexibility index (Phi) is 5.46. The molecule has 1 aliphatic rings. The Balaban J connectivity index is 2.64. The number of carbonyl (C=O) groups excluding carboxylic acids is 1. The van der Waals surface area contributed by atoms with E-state index in [9.17, 15) is 18.0 Å². The van der Waals surface area contributed by atoms with Crippen molar-refractivity contribution in [1.82, 2.24) is 5.32 Å². The van der Waals surface area contributed by atoms with Crippen LogP contribution in [-0.2, 0) is 19.7 Å². The minimum atomic E-state index is -4.26. The van der Waals surface area contributed by atoms with E-state index in [0.29, 0.717) is 17.9 Å². The standard InChI is InChI=1S/C12H17NO6S/c1-8-2-4-9(5-3-8)11(14)13-10(12(15)16)6-7-20(17,18)19/h2,4-5,8,10H,3,6-7H2,1H3,(H,13,14)(H,15,16)(H,17,18,19). The quantitative estimate of drug-likeness (QED) is 0.609. The van der Waals surface area contributed by atoms with Gasteiger partial charge in [0.25, 0.3) is 16.0 Å². The van der Waals surface area contributed by atoms with Gasteiger partial charge in [0.15, 0.2) is 0 Å². The molecule has 0 bridgehead atoms. The van der Waals surface area contributed by atoms with Crippen LogP contribution in [0.15, 0.2) is 23.8 Å². The first-order valence-corrected chi connectivity index (χ1v) is 7.67. The minimum Gasteiger partial charge on any atom is -0.480 e. The molecule has 1 amide bonds. The summed E-state index contributed by atoms with van der Waals surface area (Å²) in [6.45, 7) is 1.98. The molecule has 0 fully saturated rings. The fourth-order valence-electron chi connectivity index (χ4n) is 1.66. The molecule has 3 N–H and O–H groups in total. The van der Waals surface area contributed by atoms with Gasteiger partial charge in [-0.15, -0.1) is 0 Å². The molecule has 2 unspecified atom stereocenters. The molecule has 20 heavy (non-hydrogen) atoms. The van der Waals surface area contributed by atoms with Gasteiger partial charge < -0.3 is 10.4 Å². The first kappa shape index (κ1) is 16.4. The van der Waals surface area contributed by atoms with Crippen molar-refractivity contribution in [2.24, 2.45) is 5.92 Å². The van der Waals surface area contributed by atoms with Gasteiger partial charge in [-0.3, -0.25) is 9.35 Å². The van der Waals surface area contributed by atoms with Gasteiger partial charge in [0.1, 0.15) is 6.04 Å². The normalized spacial score (nSPS) is 20.1. The molecular weight excluding hydrogens is 286 g/mol. The Bertz CT molecular complexity index is 548. The molecule has 0 saturated heterocycles. The number of rotatable bonds is 6. The van der Waals surface area contributed by atoms with E-state index in [4.69, 9.17) is 9.66 Å². The minimum absolute atomic E-state index is 0.321. The van der Waals surface area contributed by atoms with E-state index >= 15 is 0 Å². The van der Waals surface area contributed by atoms with Crippen LogP contribution in [-0.4, -0.2) is 41.7 Å². The average Bonchev–Trinajstić information content (AvgIpc) is 2.33. The maximum absolute atomic E-state index is 11.8. The number of nitrogens with one attached hydrogen (secondary N) is 1. The second-order valence-electron chi connectivity index (χ2n) is 4.67. The number of allylic oxidation sites excluding steroid dienone is 2. The number of carboxylic acid groups (broad SMARTS) is 1. The van der Waals surface area contributed by atoms with Crippen molar-refractivity contribution in [2.45, 2.75) is 25.8 Å². The Morgan fingerprint density at radius 1 is 1.50 bits per heavy atom. The maximum atomic E-state index is 11.8. The Hall–Kier alpha value is -1.67. The molecule has 1 aliphatic carbocycles. The summed E-state index contributed by atoms with van der Waals surface area (Å²) in [7, 11) is -4.26. The third-order valence-corrected chi connectivity index (χ3v) is 3.60. The summed E-state index contributed by atoms with van der Waals surface area (Å²) in [5, 5.41) is 11.2. The van der Waals surface area contributed by atoms with E-state index in [1.54, 1.807) is 12.2 Å². The molecule has 0 aromatic carbocycles. The van der Waals surface area contributed by atoms with Crippen LogP contribution in [0.25, 0.3) is 0 Å². The predicted octanol–water partition coefficient (Wildman–Crippen LogP) is 0.356. The van der Waals surface area contributed by atoms with Gasteiger partial charge >= 0.3 is 5.97 Å². The summed E-state index contributed by atoms with van der Waals surface area (Å²) in [6.07, 6.45) is 5.42. The largest absolute Gasteiger partial charge is 0.480 e. The summed E-state index contributed by atoms with van der Waals surface area (Å²) in [6, 6.07) is -1.36. The summed E-state index contributed by atoms with van der Waals surface area (Å²) < 4.78 is 29.8. The zero-order chi connectivity index (χ0) is 15.3. The summed E-state index contributed by atoms with van der Waals surface area (Å²) in [4.78, 5) is 22.8. The second kappa shape index (κ2) is 6.67. The van der Waals surface area contributed by atoms with Crippen LogP contribution in [0, 0.1) is 5.92 Å². The Morgan fingerprint density at radius 2 is 2.15 bits per heavy atom. The highest BCUT2D eigenvalue weighted by atomic mass is 32.2. The molecule has 2 atom stereocenters. The van der Waals surface area contributed by atoms with Crippen LogP contribution >= 0.6 is 0 Å². The van der Waals surface area contributed by atoms with Crippen molar-refractivity contribution < 1.29 is 27.7 Å². The van der Waals surface area contributed by atoms with Crippen LogP contribution in [0.3, 0.4) is 0 Å². The monoisotopic (exact) mass is 303 g/mol. The van der Waals surface area contributed by atoms with E-state index < -0.39 is 40.2 Å². The van der Waals surface area contributed by atoms with Gasteiger partial charge in [-0.25, -0.2) is 4.79 Å². The van der Waals surface area contributed by atoms with Crippen molar-refractivity contribution in [3.05, 3.63) is 23.8 Å². The lowest BCUT2D eigenvalue weighted by molar-refractivity contribution is -0.141. The lowest BCUT2D eigenvalue weighted by Crippen LogP contribution is -2.42. The molecule has 7 nitrogen and oxygen atoms in total. The summed E-state index contributed by atoms with van der Waals surface area (Å²) in [5.41, 5.74) is 0.348. The van der Waals surface area contributed by atoms with E-state index in [-0.39, 0.29) is 0 Å². The summed E-state index contributed by atoms with van der Waals surface area (Å²) >= 11 is 0. The first-order valence-electron chi connectivity index (χ1n) is 6.06. The Labute approximate surface area is 117 Å². The highest BCUT2D eigenvalue weighted by Crippen LogP contribution is 2.15. The van der Waals surface area contributed by atoms with Gasteiger partial charge in [0.2, 0.25) is 0 Å². The van der Waals surface area contributed by atoms with Crippen LogP contribution in [0.5, 0.6) is 0 Å². The highest BCUT2D eigenvalue weighted by Gasteiger charge is 2.23. The van der Waals surface area contributed by atoms with E-state index in [1.807, 2.05) is 13.0 Å². The van der Waals surface area contributed by atoms with Gasteiger partial charge in [-0.1, -0.05) is 25.2 Å². The third-order valence-electron chi connectivity index (χ3n) is 2.84. The molecule has 0 radical (unpaired) electrons. The van der Waals surface area contributed by atoms with Crippen molar-refractivity contribution >= 4 is 22.0 Å². The van der Waals surface area contributed by atoms with Gasteiger partial charge in [0, 0.05) is 5.57 Å². The zero-order valence-corrected chi connectivity index (χ0v) is 11.8. The Morgan fingerprint density at radius 3 is 2.60 bits per heavy atom. The third kappa shape index (κ3) is 5.54. The van der Waals surface area contributed by atoms with Crippen LogP contribution < -0.4 is 5.32 Å². The molecule has 0 aromatic heterocycles. The maximum Gasteiger partial charge on any atom is 0.326 e. The highest BCUT2D eigenvalue weighted by molar-refractivity contribution is 7.85. The molecule has 112 valence electrons. The van der Waals surface area contributed by atoms with Crippen molar-refractivity contribution in [2.75, 3.05) is 5.75 Å². The first-order chi connectivity index (χ1) is 9.19. The van der Waals surface area contributed by atoms with Crippen LogP contribution in [0.4, 0.5) is 0 Å². The number of amides is 1.